The molecule has 0 unspecified atom stereocenters. The highest BCUT2D eigenvalue weighted by molar-refractivity contribution is 6.34. The van der Waals surface area contributed by atoms with Crippen molar-refractivity contribution in [1.82, 2.24) is 20.3 Å². The van der Waals surface area contributed by atoms with Gasteiger partial charge >= 0.3 is 0 Å². The third kappa shape index (κ3) is 5.34. The quantitative estimate of drug-likeness (QED) is 0.257. The summed E-state index contributed by atoms with van der Waals surface area (Å²) in [6, 6.07) is 11.2. The van der Waals surface area contributed by atoms with Gasteiger partial charge in [-0.1, -0.05) is 30.4 Å². The highest BCUT2D eigenvalue weighted by atomic mass is 19.2. The van der Waals surface area contributed by atoms with Crippen LogP contribution < -0.4 is 16.0 Å². The number of aromatic nitrogens is 3. The summed E-state index contributed by atoms with van der Waals surface area (Å²) in [6.07, 6.45) is 11.4. The number of amides is 2. The molecule has 4 aromatic rings. The van der Waals surface area contributed by atoms with Crippen LogP contribution in [0.3, 0.4) is 0 Å². The van der Waals surface area contributed by atoms with E-state index in [-0.39, 0.29) is 30.6 Å². The van der Waals surface area contributed by atoms with Crippen molar-refractivity contribution < 1.29 is 18.4 Å². The molecule has 10 heteroatoms. The SMILES string of the molecule is O=C1Nc2cc(/C=C/CNc3c(CNC(=O)c4cccnc4)ccc(F)c3F)ccc2/C1=C/c1cnc[nH]1. The van der Waals surface area contributed by atoms with E-state index in [2.05, 4.69) is 30.9 Å². The highest BCUT2D eigenvalue weighted by Crippen LogP contribution is 2.34. The Morgan fingerprint density at radius 2 is 1.97 bits per heavy atom. The number of H-pyrrole nitrogens is 1. The molecule has 0 fully saturated rings. The molecule has 0 atom stereocenters. The maximum absolute atomic E-state index is 14.6. The van der Waals surface area contributed by atoms with Crippen LogP contribution in [-0.4, -0.2) is 33.3 Å². The topological polar surface area (TPSA) is 112 Å². The van der Waals surface area contributed by atoms with E-state index in [0.717, 1.165) is 22.9 Å². The molecular formula is C28H22F2N6O2. The number of pyridine rings is 1. The Morgan fingerprint density at radius 1 is 1.08 bits per heavy atom. The average molecular weight is 513 g/mol. The molecule has 0 saturated heterocycles. The van der Waals surface area contributed by atoms with Gasteiger partial charge in [-0.15, -0.1) is 0 Å². The number of carbonyl (C=O) groups excluding carboxylic acids is 2. The Morgan fingerprint density at radius 3 is 2.76 bits per heavy atom. The van der Waals surface area contributed by atoms with Gasteiger partial charge in [-0.2, -0.15) is 0 Å². The van der Waals surface area contributed by atoms with Crippen molar-refractivity contribution in [2.75, 3.05) is 17.2 Å². The number of benzene rings is 2. The van der Waals surface area contributed by atoms with E-state index in [9.17, 15) is 18.4 Å². The third-order valence-corrected chi connectivity index (χ3v) is 5.90. The number of hydrogen-bond donors (Lipinski definition) is 4. The summed E-state index contributed by atoms with van der Waals surface area (Å²) in [5.74, 6) is -2.60. The van der Waals surface area contributed by atoms with E-state index in [1.54, 1.807) is 49.1 Å². The number of nitrogens with zero attached hydrogens (tertiary/aromatic N) is 2. The lowest BCUT2D eigenvalue weighted by Crippen LogP contribution is -2.23. The fourth-order valence-corrected chi connectivity index (χ4v) is 4.02. The van der Waals surface area contributed by atoms with Crippen molar-refractivity contribution in [3.8, 4) is 0 Å². The Bertz CT molecular complexity index is 1550. The minimum Gasteiger partial charge on any atom is -0.379 e. The molecule has 5 rings (SSSR count). The lowest BCUT2D eigenvalue weighted by molar-refractivity contribution is -0.110. The van der Waals surface area contributed by atoms with Gasteiger partial charge in [0.2, 0.25) is 0 Å². The molecule has 1 aliphatic rings. The van der Waals surface area contributed by atoms with Crippen molar-refractivity contribution in [2.24, 2.45) is 0 Å². The molecule has 38 heavy (non-hydrogen) atoms. The first-order valence-corrected chi connectivity index (χ1v) is 11.7. The Hall–Kier alpha value is -5.12. The lowest BCUT2D eigenvalue weighted by atomic mass is 10.0. The normalized spacial score (nSPS) is 13.5. The van der Waals surface area contributed by atoms with Crippen LogP contribution in [0.1, 0.15) is 32.7 Å². The van der Waals surface area contributed by atoms with Gasteiger partial charge in [-0.3, -0.25) is 14.6 Å². The molecule has 0 spiro atoms. The second-order valence-electron chi connectivity index (χ2n) is 8.43. The van der Waals surface area contributed by atoms with Crippen LogP contribution in [0.15, 0.2) is 73.5 Å². The zero-order chi connectivity index (χ0) is 26.5. The maximum atomic E-state index is 14.6. The zero-order valence-corrected chi connectivity index (χ0v) is 20.0. The van der Waals surface area contributed by atoms with Gasteiger partial charge in [0, 0.05) is 36.7 Å². The summed E-state index contributed by atoms with van der Waals surface area (Å²) >= 11 is 0. The van der Waals surface area contributed by atoms with E-state index in [0.29, 0.717) is 22.4 Å². The van der Waals surface area contributed by atoms with Crippen molar-refractivity contribution in [3.63, 3.8) is 0 Å². The molecule has 8 nitrogen and oxygen atoms in total. The smallest absolute Gasteiger partial charge is 0.256 e. The molecule has 2 aromatic carbocycles. The Kier molecular flexibility index (Phi) is 7.03. The standard InChI is InChI=1S/C28H22F2N6O2/c29-23-8-6-18(14-34-27(37)19-4-2-9-31-13-19)26(25(23)30)33-10-1-3-17-5-7-21-22(12-20-15-32-16-35-20)28(38)36-24(21)11-17/h1-9,11-13,15-16,33H,10,14H2,(H,32,35)(H,34,37)(H,36,38)/b3-1+,22-12-. The first-order chi connectivity index (χ1) is 18.5. The molecule has 2 aromatic heterocycles. The lowest BCUT2D eigenvalue weighted by Gasteiger charge is -2.13. The van der Waals surface area contributed by atoms with Gasteiger partial charge in [0.1, 0.15) is 0 Å². The van der Waals surface area contributed by atoms with Crippen LogP contribution in [0.5, 0.6) is 0 Å². The second kappa shape index (κ2) is 10.9. The highest BCUT2D eigenvalue weighted by Gasteiger charge is 2.24. The van der Waals surface area contributed by atoms with Crippen LogP contribution in [0, 0.1) is 11.6 Å². The number of imidazole rings is 1. The second-order valence-corrected chi connectivity index (χ2v) is 8.43. The first kappa shape index (κ1) is 24.6. The van der Waals surface area contributed by atoms with Gasteiger partial charge in [0.05, 0.1) is 35.0 Å². The molecule has 1 aliphatic heterocycles. The van der Waals surface area contributed by atoms with Crippen molar-refractivity contribution in [3.05, 3.63) is 113 Å². The summed E-state index contributed by atoms with van der Waals surface area (Å²) in [6.45, 7) is 0.189. The van der Waals surface area contributed by atoms with Crippen molar-refractivity contribution >= 4 is 40.9 Å². The van der Waals surface area contributed by atoms with Crippen molar-refractivity contribution in [1.29, 1.82) is 0 Å². The van der Waals surface area contributed by atoms with E-state index < -0.39 is 11.6 Å². The zero-order valence-electron chi connectivity index (χ0n) is 20.0. The molecule has 3 heterocycles. The number of rotatable bonds is 8. The molecule has 0 bridgehead atoms. The molecule has 4 N–H and O–H groups in total. The average Bonchev–Trinajstić information content (AvgIpc) is 3.56. The number of aromatic amines is 1. The van der Waals surface area contributed by atoms with E-state index in [4.69, 9.17) is 0 Å². The van der Waals surface area contributed by atoms with Crippen LogP contribution in [0.2, 0.25) is 0 Å². The largest absolute Gasteiger partial charge is 0.379 e. The minimum absolute atomic E-state index is 0.00407. The fourth-order valence-electron chi connectivity index (χ4n) is 4.02. The number of anilines is 2. The maximum Gasteiger partial charge on any atom is 0.256 e. The van der Waals surface area contributed by atoms with Crippen LogP contribution in [-0.2, 0) is 11.3 Å². The molecule has 190 valence electrons. The monoisotopic (exact) mass is 512 g/mol. The molecule has 0 saturated carbocycles. The summed E-state index contributed by atoms with van der Waals surface area (Å²) in [4.78, 5) is 35.5. The van der Waals surface area contributed by atoms with E-state index in [1.165, 1.54) is 12.3 Å². The summed E-state index contributed by atoms with van der Waals surface area (Å²) in [5, 5.41) is 8.44. The van der Waals surface area contributed by atoms with Gasteiger partial charge in [-0.25, -0.2) is 13.8 Å². The molecule has 0 aliphatic carbocycles. The van der Waals surface area contributed by atoms with Crippen LogP contribution in [0.4, 0.5) is 20.2 Å². The van der Waals surface area contributed by atoms with E-state index in [1.807, 2.05) is 18.2 Å². The molecule has 2 amide bonds. The summed E-state index contributed by atoms with van der Waals surface area (Å²) < 4.78 is 28.5. The summed E-state index contributed by atoms with van der Waals surface area (Å²) in [5.41, 5.74) is 4.25. The minimum atomic E-state index is -1.02. The predicted molar refractivity (Wildman–Crippen MR) is 141 cm³/mol. The van der Waals surface area contributed by atoms with Crippen LogP contribution >= 0.6 is 0 Å². The third-order valence-electron chi connectivity index (χ3n) is 5.90. The van der Waals surface area contributed by atoms with Crippen molar-refractivity contribution in [2.45, 2.75) is 6.54 Å². The van der Waals surface area contributed by atoms with Gasteiger partial charge in [-0.05, 0) is 41.5 Å². The number of hydrogen-bond acceptors (Lipinski definition) is 5. The number of halogens is 2. The first-order valence-electron chi connectivity index (χ1n) is 11.7. The van der Waals surface area contributed by atoms with Gasteiger partial charge in [0.25, 0.3) is 11.8 Å². The Balaban J connectivity index is 1.25. The Labute approximate surface area is 216 Å². The van der Waals surface area contributed by atoms with E-state index >= 15 is 0 Å². The fraction of sp³-hybridized carbons (Fsp3) is 0.0714. The predicted octanol–water partition coefficient (Wildman–Crippen LogP) is 4.63. The summed E-state index contributed by atoms with van der Waals surface area (Å²) in [7, 11) is 0. The molecular weight excluding hydrogens is 490 g/mol. The number of carbonyl (C=O) groups is 2. The van der Waals surface area contributed by atoms with Gasteiger partial charge < -0.3 is 20.9 Å². The molecule has 0 radical (unpaired) electrons. The van der Waals surface area contributed by atoms with Gasteiger partial charge in [0.15, 0.2) is 11.6 Å². The number of nitrogens with one attached hydrogen (secondary N) is 4. The number of fused-ring (bicyclic) bond motifs is 1. The van der Waals surface area contributed by atoms with Crippen LogP contribution in [0.25, 0.3) is 17.7 Å².